The summed E-state index contributed by atoms with van der Waals surface area (Å²) in [5, 5.41) is 3.66. The van der Waals surface area contributed by atoms with E-state index in [-0.39, 0.29) is 12.4 Å². The van der Waals surface area contributed by atoms with Crippen LogP contribution in [-0.2, 0) is 4.79 Å². The van der Waals surface area contributed by atoms with Crippen molar-refractivity contribution in [3.8, 4) is 0 Å². The summed E-state index contributed by atoms with van der Waals surface area (Å²) in [5.41, 5.74) is 0. The molecule has 0 aromatic heterocycles. The first-order valence-electron chi connectivity index (χ1n) is 10.3. The van der Waals surface area contributed by atoms with E-state index in [1.807, 2.05) is 0 Å². The molecule has 4 rings (SSSR count). The fourth-order valence-electron chi connectivity index (χ4n) is 5.99. The predicted octanol–water partition coefficient (Wildman–Crippen LogP) is 4.01. The van der Waals surface area contributed by atoms with Crippen molar-refractivity contribution in [2.45, 2.75) is 76.7 Å². The molecule has 0 bridgehead atoms. The van der Waals surface area contributed by atoms with Gasteiger partial charge in [0.2, 0.25) is 5.91 Å². The molecule has 3 nitrogen and oxygen atoms in total. The summed E-state index contributed by atoms with van der Waals surface area (Å²) in [4.78, 5) is 15.2. The number of hydrogen-bond donors (Lipinski definition) is 1. The molecule has 24 heavy (non-hydrogen) atoms. The molecule has 2 saturated heterocycles. The molecule has 0 aromatic rings. The smallest absolute Gasteiger partial charge is 0.225 e. The average Bonchev–Trinajstić information content (AvgIpc) is 3.15. The van der Waals surface area contributed by atoms with Crippen LogP contribution >= 0.6 is 12.4 Å². The average molecular weight is 355 g/mol. The van der Waals surface area contributed by atoms with Crippen molar-refractivity contribution >= 4 is 18.3 Å². The van der Waals surface area contributed by atoms with Crippen LogP contribution in [-0.4, -0.2) is 36.5 Å². The van der Waals surface area contributed by atoms with Crippen molar-refractivity contribution in [3.05, 3.63) is 0 Å². The van der Waals surface area contributed by atoms with Crippen molar-refractivity contribution < 1.29 is 4.79 Å². The zero-order valence-corrected chi connectivity index (χ0v) is 15.9. The van der Waals surface area contributed by atoms with Gasteiger partial charge in [0, 0.05) is 25.0 Å². The van der Waals surface area contributed by atoms with Crippen LogP contribution in [0.15, 0.2) is 0 Å². The maximum absolute atomic E-state index is 13.0. The molecule has 2 aliphatic carbocycles. The van der Waals surface area contributed by atoms with Crippen LogP contribution in [0.2, 0.25) is 0 Å². The van der Waals surface area contributed by atoms with Crippen LogP contribution in [0.25, 0.3) is 0 Å². The van der Waals surface area contributed by atoms with Gasteiger partial charge in [-0.1, -0.05) is 25.7 Å². The lowest BCUT2D eigenvalue weighted by atomic mass is 9.67. The maximum atomic E-state index is 13.0. The van der Waals surface area contributed by atoms with E-state index < -0.39 is 0 Å². The Morgan fingerprint density at radius 1 is 0.792 bits per heavy atom. The molecule has 0 aromatic carbocycles. The Morgan fingerprint density at radius 3 is 2.25 bits per heavy atom. The summed E-state index contributed by atoms with van der Waals surface area (Å²) in [5.74, 6) is 3.50. The van der Waals surface area contributed by atoms with E-state index in [1.54, 1.807) is 0 Å². The third-order valence-electron chi connectivity index (χ3n) is 7.41. The van der Waals surface area contributed by atoms with Crippen LogP contribution in [0, 0.1) is 23.7 Å². The Hall–Kier alpha value is -0.280. The number of halogens is 1. The topological polar surface area (TPSA) is 32.3 Å². The van der Waals surface area contributed by atoms with Crippen LogP contribution in [0.4, 0.5) is 0 Å². The lowest BCUT2D eigenvalue weighted by Crippen LogP contribution is -2.46. The van der Waals surface area contributed by atoms with Gasteiger partial charge in [-0.25, -0.2) is 0 Å². The predicted molar refractivity (Wildman–Crippen MR) is 100 cm³/mol. The maximum Gasteiger partial charge on any atom is 0.225 e. The van der Waals surface area contributed by atoms with E-state index in [9.17, 15) is 4.79 Å². The minimum absolute atomic E-state index is 0. The summed E-state index contributed by atoms with van der Waals surface area (Å²) in [6.45, 7) is 3.24. The Labute approximate surface area is 153 Å². The highest BCUT2D eigenvalue weighted by Gasteiger charge is 2.38. The van der Waals surface area contributed by atoms with Gasteiger partial charge in [-0.15, -0.1) is 12.4 Å². The van der Waals surface area contributed by atoms with Crippen molar-refractivity contribution in [1.82, 2.24) is 10.2 Å². The molecule has 2 heterocycles. The molecule has 1 amide bonds. The van der Waals surface area contributed by atoms with Gasteiger partial charge in [0.15, 0.2) is 0 Å². The number of rotatable bonds is 2. The van der Waals surface area contributed by atoms with E-state index in [1.165, 1.54) is 77.2 Å². The molecule has 4 atom stereocenters. The second kappa shape index (κ2) is 8.40. The largest absolute Gasteiger partial charge is 0.342 e. The van der Waals surface area contributed by atoms with Crippen LogP contribution < -0.4 is 5.32 Å². The zero-order chi connectivity index (χ0) is 15.6. The van der Waals surface area contributed by atoms with Crippen LogP contribution in [0.5, 0.6) is 0 Å². The van der Waals surface area contributed by atoms with Crippen molar-refractivity contribution in [2.24, 2.45) is 23.7 Å². The van der Waals surface area contributed by atoms with E-state index in [4.69, 9.17) is 0 Å². The molecule has 4 fully saturated rings. The van der Waals surface area contributed by atoms with Gasteiger partial charge in [-0.3, -0.25) is 4.79 Å². The first kappa shape index (κ1) is 18.5. The Balaban J connectivity index is 0.00000169. The second-order valence-corrected chi connectivity index (χ2v) is 8.68. The highest BCUT2D eigenvalue weighted by molar-refractivity contribution is 5.85. The van der Waals surface area contributed by atoms with Crippen molar-refractivity contribution in [1.29, 1.82) is 0 Å². The van der Waals surface area contributed by atoms with Gasteiger partial charge in [0.25, 0.3) is 0 Å². The number of hydrogen-bond acceptors (Lipinski definition) is 2. The van der Waals surface area contributed by atoms with Gasteiger partial charge in [-0.05, 0) is 69.2 Å². The van der Waals surface area contributed by atoms with E-state index >= 15 is 0 Å². The minimum atomic E-state index is 0. The monoisotopic (exact) mass is 354 g/mol. The molecular formula is C20H35ClN2O. The van der Waals surface area contributed by atoms with Gasteiger partial charge in [0.1, 0.15) is 0 Å². The molecule has 4 unspecified atom stereocenters. The number of nitrogens with zero attached hydrogens (tertiary/aromatic N) is 1. The van der Waals surface area contributed by atoms with Gasteiger partial charge in [0.05, 0.1) is 0 Å². The number of fused-ring (bicyclic) bond motifs is 1. The summed E-state index contributed by atoms with van der Waals surface area (Å²) in [7, 11) is 0. The van der Waals surface area contributed by atoms with E-state index in [2.05, 4.69) is 10.2 Å². The van der Waals surface area contributed by atoms with E-state index in [0.29, 0.717) is 11.8 Å². The molecule has 4 aliphatic rings. The second-order valence-electron chi connectivity index (χ2n) is 8.68. The molecular weight excluding hydrogens is 320 g/mol. The van der Waals surface area contributed by atoms with Gasteiger partial charge in [-0.2, -0.15) is 0 Å². The summed E-state index contributed by atoms with van der Waals surface area (Å²) < 4.78 is 0. The number of carbonyl (C=O) groups excluding carboxylic acids is 1. The first-order chi connectivity index (χ1) is 11.3. The van der Waals surface area contributed by atoms with Crippen LogP contribution in [0.3, 0.4) is 0 Å². The summed E-state index contributed by atoms with van der Waals surface area (Å²) in [6, 6.07) is 0.741. The fraction of sp³-hybridized carbons (Fsp3) is 0.950. The molecule has 0 spiro atoms. The first-order valence-corrected chi connectivity index (χ1v) is 10.3. The Morgan fingerprint density at radius 2 is 1.54 bits per heavy atom. The van der Waals surface area contributed by atoms with Crippen LogP contribution in [0.1, 0.15) is 70.6 Å². The van der Waals surface area contributed by atoms with Gasteiger partial charge < -0.3 is 10.2 Å². The lowest BCUT2D eigenvalue weighted by molar-refractivity contribution is -0.139. The molecule has 138 valence electrons. The van der Waals surface area contributed by atoms with Gasteiger partial charge >= 0.3 is 0 Å². The Bertz CT molecular complexity index is 416. The molecule has 4 heteroatoms. The molecule has 0 radical (unpaired) electrons. The highest BCUT2D eigenvalue weighted by atomic mass is 35.5. The third-order valence-corrected chi connectivity index (χ3v) is 7.41. The third kappa shape index (κ3) is 3.93. The fourth-order valence-corrected chi connectivity index (χ4v) is 5.99. The van der Waals surface area contributed by atoms with Crippen molar-refractivity contribution in [3.63, 3.8) is 0 Å². The number of piperidine rings is 1. The highest BCUT2D eigenvalue weighted by Crippen LogP contribution is 2.43. The van der Waals surface area contributed by atoms with E-state index in [0.717, 1.165) is 36.9 Å². The standard InChI is InChI=1S/C20H34N2O.ClH/c23-20(18-8-7-15-4-1-2-5-17(15)14-18)22-12-9-16(10-13-22)19-6-3-11-21-19;/h15-19,21H,1-14H2;1H. The zero-order valence-electron chi connectivity index (χ0n) is 15.0. The summed E-state index contributed by atoms with van der Waals surface area (Å²) in [6.07, 6.45) is 14.5. The number of likely N-dealkylation sites (tertiary alicyclic amines) is 1. The number of carbonyl (C=O) groups is 1. The molecule has 2 saturated carbocycles. The van der Waals surface area contributed by atoms with Crippen molar-refractivity contribution in [2.75, 3.05) is 19.6 Å². The quantitative estimate of drug-likeness (QED) is 0.812. The molecule has 1 N–H and O–H groups in total. The lowest BCUT2D eigenvalue weighted by Gasteiger charge is -2.41. The summed E-state index contributed by atoms with van der Waals surface area (Å²) >= 11 is 0. The minimum Gasteiger partial charge on any atom is -0.342 e. The molecule has 2 aliphatic heterocycles. The number of amides is 1. The SMILES string of the molecule is Cl.O=C(C1CCC2CCCCC2C1)N1CCC(C2CCCN2)CC1. The normalized spacial score (nSPS) is 37.6. The number of nitrogens with one attached hydrogen (secondary N) is 1. The Kier molecular flexibility index (Phi) is 6.48.